The Morgan fingerprint density at radius 2 is 1.96 bits per heavy atom. The first-order valence-corrected chi connectivity index (χ1v) is 9.21. The number of primary amides is 1. The molecule has 2 heterocycles. The number of aryl methyl sites for hydroxylation is 1. The molecule has 3 N–H and O–H groups in total. The second kappa shape index (κ2) is 8.04. The van der Waals surface area contributed by atoms with Crippen LogP contribution < -0.4 is 11.1 Å². The SMILES string of the molecule is CCn1cc(-c2nnc(SCC(=O)Nc3ccc(C(N)=O)cc3)n2C)cn1. The van der Waals surface area contributed by atoms with Crippen molar-refractivity contribution < 1.29 is 9.59 Å². The van der Waals surface area contributed by atoms with Crippen molar-refractivity contribution in [2.24, 2.45) is 12.8 Å². The summed E-state index contributed by atoms with van der Waals surface area (Å²) < 4.78 is 3.64. The van der Waals surface area contributed by atoms with Gasteiger partial charge in [-0.25, -0.2) is 0 Å². The van der Waals surface area contributed by atoms with Crippen LogP contribution in [-0.2, 0) is 18.4 Å². The van der Waals surface area contributed by atoms with Crippen LogP contribution in [0, 0.1) is 0 Å². The Balaban J connectivity index is 1.59. The Bertz CT molecular complexity index is 962. The molecule has 2 aromatic heterocycles. The first-order valence-electron chi connectivity index (χ1n) is 8.22. The quantitative estimate of drug-likeness (QED) is 0.595. The molecule has 3 aromatic rings. The number of anilines is 1. The van der Waals surface area contributed by atoms with E-state index in [1.807, 2.05) is 29.4 Å². The molecule has 9 nitrogen and oxygen atoms in total. The lowest BCUT2D eigenvalue weighted by atomic mass is 10.2. The zero-order valence-electron chi connectivity index (χ0n) is 14.9. The van der Waals surface area contributed by atoms with E-state index in [2.05, 4.69) is 20.6 Å². The normalized spacial score (nSPS) is 10.7. The van der Waals surface area contributed by atoms with Gasteiger partial charge in [0.1, 0.15) is 0 Å². The van der Waals surface area contributed by atoms with Crippen molar-refractivity contribution in [1.82, 2.24) is 24.5 Å². The molecule has 0 atom stereocenters. The maximum atomic E-state index is 12.1. The molecular weight excluding hydrogens is 366 g/mol. The Labute approximate surface area is 160 Å². The van der Waals surface area contributed by atoms with Crippen molar-refractivity contribution in [2.75, 3.05) is 11.1 Å². The van der Waals surface area contributed by atoms with Crippen LogP contribution >= 0.6 is 11.8 Å². The summed E-state index contributed by atoms with van der Waals surface area (Å²) in [6, 6.07) is 6.40. The second-order valence-electron chi connectivity index (χ2n) is 5.73. The summed E-state index contributed by atoms with van der Waals surface area (Å²) >= 11 is 1.29. The zero-order valence-corrected chi connectivity index (χ0v) is 15.7. The summed E-state index contributed by atoms with van der Waals surface area (Å²) in [4.78, 5) is 23.2. The lowest BCUT2D eigenvalue weighted by molar-refractivity contribution is -0.113. The summed E-state index contributed by atoms with van der Waals surface area (Å²) in [5.41, 5.74) is 7.05. The summed E-state index contributed by atoms with van der Waals surface area (Å²) in [7, 11) is 1.85. The lowest BCUT2D eigenvalue weighted by Crippen LogP contribution is -2.15. The largest absolute Gasteiger partial charge is 0.366 e. The molecule has 0 aliphatic heterocycles. The number of benzene rings is 1. The summed E-state index contributed by atoms with van der Waals surface area (Å²) in [6.07, 6.45) is 3.64. The number of nitrogens with two attached hydrogens (primary N) is 1. The molecule has 3 rings (SSSR count). The second-order valence-corrected chi connectivity index (χ2v) is 6.67. The Hall–Kier alpha value is -3.14. The van der Waals surface area contributed by atoms with Crippen molar-refractivity contribution >= 4 is 29.3 Å². The molecule has 0 fully saturated rings. The van der Waals surface area contributed by atoms with Gasteiger partial charge in [-0.2, -0.15) is 5.10 Å². The maximum Gasteiger partial charge on any atom is 0.248 e. The van der Waals surface area contributed by atoms with Gasteiger partial charge >= 0.3 is 0 Å². The van der Waals surface area contributed by atoms with E-state index >= 15 is 0 Å². The van der Waals surface area contributed by atoms with E-state index in [9.17, 15) is 9.59 Å². The molecule has 0 radical (unpaired) electrons. The van der Waals surface area contributed by atoms with Gasteiger partial charge in [-0.05, 0) is 31.2 Å². The third-order valence-electron chi connectivity index (χ3n) is 3.84. The molecule has 27 heavy (non-hydrogen) atoms. The number of nitrogens with zero attached hydrogens (tertiary/aromatic N) is 5. The molecule has 0 aliphatic rings. The van der Waals surface area contributed by atoms with E-state index in [0.29, 0.717) is 22.2 Å². The van der Waals surface area contributed by atoms with Gasteiger partial charge in [0.25, 0.3) is 0 Å². The van der Waals surface area contributed by atoms with E-state index < -0.39 is 5.91 Å². The van der Waals surface area contributed by atoms with Crippen LogP contribution in [0.5, 0.6) is 0 Å². The van der Waals surface area contributed by atoms with E-state index in [0.717, 1.165) is 12.1 Å². The fraction of sp³-hybridized carbons (Fsp3) is 0.235. The number of carbonyl (C=O) groups is 2. The van der Waals surface area contributed by atoms with Crippen molar-refractivity contribution in [1.29, 1.82) is 0 Å². The van der Waals surface area contributed by atoms with E-state index in [-0.39, 0.29) is 11.7 Å². The van der Waals surface area contributed by atoms with E-state index in [1.165, 1.54) is 11.8 Å². The number of thioether (sulfide) groups is 1. The van der Waals surface area contributed by atoms with Crippen molar-refractivity contribution in [3.63, 3.8) is 0 Å². The van der Waals surface area contributed by atoms with Gasteiger partial charge in [0.2, 0.25) is 11.8 Å². The highest BCUT2D eigenvalue weighted by Crippen LogP contribution is 2.22. The summed E-state index contributed by atoms with van der Waals surface area (Å²) in [6.45, 7) is 2.79. The van der Waals surface area contributed by atoms with Crippen LogP contribution in [0.4, 0.5) is 5.69 Å². The molecule has 0 unspecified atom stereocenters. The third kappa shape index (κ3) is 4.34. The first-order chi connectivity index (χ1) is 13.0. The topological polar surface area (TPSA) is 121 Å². The minimum absolute atomic E-state index is 0.178. The van der Waals surface area contributed by atoms with Gasteiger partial charge < -0.3 is 15.6 Å². The number of hydrogen-bond acceptors (Lipinski definition) is 6. The van der Waals surface area contributed by atoms with Crippen LogP contribution in [0.2, 0.25) is 0 Å². The number of amides is 2. The monoisotopic (exact) mass is 385 g/mol. The van der Waals surface area contributed by atoms with Gasteiger partial charge in [0.15, 0.2) is 11.0 Å². The number of aromatic nitrogens is 5. The number of rotatable bonds is 7. The van der Waals surface area contributed by atoms with E-state index in [4.69, 9.17) is 5.73 Å². The highest BCUT2D eigenvalue weighted by atomic mass is 32.2. The predicted molar refractivity (Wildman–Crippen MR) is 102 cm³/mol. The van der Waals surface area contributed by atoms with Gasteiger partial charge in [0, 0.05) is 31.0 Å². The van der Waals surface area contributed by atoms with Crippen molar-refractivity contribution in [3.8, 4) is 11.4 Å². The van der Waals surface area contributed by atoms with Gasteiger partial charge in [-0.15, -0.1) is 10.2 Å². The minimum Gasteiger partial charge on any atom is -0.366 e. The zero-order chi connectivity index (χ0) is 19.4. The molecule has 10 heteroatoms. The van der Waals surface area contributed by atoms with Gasteiger partial charge in [0.05, 0.1) is 17.5 Å². The molecule has 0 aliphatic carbocycles. The smallest absolute Gasteiger partial charge is 0.248 e. The van der Waals surface area contributed by atoms with Crippen LogP contribution in [0.3, 0.4) is 0 Å². The molecule has 0 bridgehead atoms. The Kier molecular flexibility index (Phi) is 5.55. The molecule has 140 valence electrons. The van der Waals surface area contributed by atoms with Crippen LogP contribution in [-0.4, -0.2) is 42.1 Å². The number of carbonyl (C=O) groups excluding carboxylic acids is 2. The van der Waals surface area contributed by atoms with Crippen LogP contribution in [0.15, 0.2) is 41.8 Å². The van der Waals surface area contributed by atoms with Crippen molar-refractivity contribution in [2.45, 2.75) is 18.6 Å². The Morgan fingerprint density at radius 1 is 1.22 bits per heavy atom. The molecule has 1 aromatic carbocycles. The number of nitrogens with one attached hydrogen (secondary N) is 1. The van der Waals surface area contributed by atoms with E-state index in [1.54, 1.807) is 30.5 Å². The molecule has 2 amide bonds. The predicted octanol–water partition coefficient (Wildman–Crippen LogP) is 1.53. The summed E-state index contributed by atoms with van der Waals surface area (Å²) in [5.74, 6) is 0.179. The highest BCUT2D eigenvalue weighted by molar-refractivity contribution is 7.99. The van der Waals surface area contributed by atoms with Crippen LogP contribution in [0.25, 0.3) is 11.4 Å². The summed E-state index contributed by atoms with van der Waals surface area (Å²) in [5, 5.41) is 16.0. The third-order valence-corrected chi connectivity index (χ3v) is 4.86. The Morgan fingerprint density at radius 3 is 2.59 bits per heavy atom. The number of hydrogen-bond donors (Lipinski definition) is 2. The minimum atomic E-state index is -0.508. The fourth-order valence-corrected chi connectivity index (χ4v) is 3.10. The van der Waals surface area contributed by atoms with Gasteiger partial charge in [-0.1, -0.05) is 11.8 Å². The standard InChI is InChI=1S/C17H19N7O2S/c1-3-24-9-12(8-19-24)16-21-22-17(23(16)2)27-10-14(25)20-13-6-4-11(5-7-13)15(18)26/h4-9H,3,10H2,1-2H3,(H2,18,26)(H,20,25). The molecule has 0 saturated heterocycles. The van der Waals surface area contributed by atoms with Gasteiger partial charge in [-0.3, -0.25) is 14.3 Å². The fourth-order valence-electron chi connectivity index (χ4n) is 2.39. The average molecular weight is 385 g/mol. The molecule has 0 saturated carbocycles. The lowest BCUT2D eigenvalue weighted by Gasteiger charge is -2.06. The molecular formula is C17H19N7O2S. The molecule has 0 spiro atoms. The van der Waals surface area contributed by atoms with Crippen molar-refractivity contribution in [3.05, 3.63) is 42.2 Å². The average Bonchev–Trinajstić information content (AvgIpc) is 3.27. The highest BCUT2D eigenvalue weighted by Gasteiger charge is 2.14. The maximum absolute atomic E-state index is 12.1. The first kappa shape index (κ1) is 18.6. The van der Waals surface area contributed by atoms with Crippen LogP contribution in [0.1, 0.15) is 17.3 Å².